The van der Waals surface area contributed by atoms with E-state index in [1.807, 2.05) is 11.0 Å². The zero-order valence-electron chi connectivity index (χ0n) is 8.33. The Balaban J connectivity index is 2.40. The van der Waals surface area contributed by atoms with Crippen molar-refractivity contribution in [1.82, 2.24) is 0 Å². The highest BCUT2D eigenvalue weighted by Gasteiger charge is 2.27. The first-order chi connectivity index (χ1) is 6.74. The highest BCUT2D eigenvalue weighted by Crippen LogP contribution is 2.37. The minimum Gasteiger partial charge on any atom is -0.367 e. The van der Waals surface area contributed by atoms with Crippen molar-refractivity contribution < 1.29 is 4.39 Å². The SMILES string of the molecule is CC1CN(CCN)c2c(F)cccc21. The average molecular weight is 194 g/mol. The smallest absolute Gasteiger partial charge is 0.146 e. The zero-order chi connectivity index (χ0) is 10.1. The lowest BCUT2D eigenvalue weighted by molar-refractivity contribution is 0.622. The molecule has 1 atom stereocenters. The van der Waals surface area contributed by atoms with Gasteiger partial charge in [0, 0.05) is 25.6 Å². The number of para-hydroxylation sites is 1. The summed E-state index contributed by atoms with van der Waals surface area (Å²) in [6, 6.07) is 5.29. The fourth-order valence-electron chi connectivity index (χ4n) is 2.14. The molecular formula is C11H15FN2. The van der Waals surface area contributed by atoms with Crippen molar-refractivity contribution >= 4 is 5.69 Å². The Morgan fingerprint density at radius 2 is 2.36 bits per heavy atom. The van der Waals surface area contributed by atoms with Crippen LogP contribution in [0.5, 0.6) is 0 Å². The first kappa shape index (κ1) is 9.46. The lowest BCUT2D eigenvalue weighted by Gasteiger charge is -2.18. The van der Waals surface area contributed by atoms with Crippen LogP contribution in [0.1, 0.15) is 18.4 Å². The summed E-state index contributed by atoms with van der Waals surface area (Å²) in [5.74, 6) is 0.285. The molecule has 1 heterocycles. The van der Waals surface area contributed by atoms with Crippen LogP contribution in [0.3, 0.4) is 0 Å². The molecule has 14 heavy (non-hydrogen) atoms. The first-order valence-electron chi connectivity index (χ1n) is 4.97. The van der Waals surface area contributed by atoms with Crippen molar-refractivity contribution in [2.75, 3.05) is 24.5 Å². The molecule has 2 nitrogen and oxygen atoms in total. The van der Waals surface area contributed by atoms with E-state index in [0.29, 0.717) is 12.5 Å². The number of hydrogen-bond donors (Lipinski definition) is 1. The minimum atomic E-state index is -0.125. The average Bonchev–Trinajstić information content (AvgIpc) is 2.46. The lowest BCUT2D eigenvalue weighted by atomic mass is 10.0. The summed E-state index contributed by atoms with van der Waals surface area (Å²) >= 11 is 0. The quantitative estimate of drug-likeness (QED) is 0.776. The molecule has 0 amide bonds. The second kappa shape index (κ2) is 3.58. The van der Waals surface area contributed by atoms with Gasteiger partial charge in [-0.15, -0.1) is 0 Å². The Kier molecular flexibility index (Phi) is 2.42. The first-order valence-corrected chi connectivity index (χ1v) is 4.97. The molecule has 76 valence electrons. The normalized spacial score (nSPS) is 19.9. The van der Waals surface area contributed by atoms with Gasteiger partial charge < -0.3 is 10.6 Å². The maximum Gasteiger partial charge on any atom is 0.146 e. The molecule has 0 aliphatic carbocycles. The van der Waals surface area contributed by atoms with Crippen LogP contribution in [0.2, 0.25) is 0 Å². The lowest BCUT2D eigenvalue weighted by Crippen LogP contribution is -2.28. The summed E-state index contributed by atoms with van der Waals surface area (Å²) in [4.78, 5) is 2.04. The number of anilines is 1. The predicted molar refractivity (Wildman–Crippen MR) is 56.1 cm³/mol. The van der Waals surface area contributed by atoms with Crippen LogP contribution in [0, 0.1) is 5.82 Å². The molecule has 2 N–H and O–H groups in total. The number of halogens is 1. The zero-order valence-corrected chi connectivity index (χ0v) is 8.33. The van der Waals surface area contributed by atoms with Crippen LogP contribution in [-0.4, -0.2) is 19.6 Å². The van der Waals surface area contributed by atoms with E-state index >= 15 is 0 Å². The molecule has 0 aromatic heterocycles. The van der Waals surface area contributed by atoms with Crippen molar-refractivity contribution in [3.05, 3.63) is 29.6 Å². The molecule has 2 rings (SSSR count). The second-order valence-corrected chi connectivity index (χ2v) is 3.81. The minimum absolute atomic E-state index is 0.125. The molecule has 1 aliphatic rings. The Morgan fingerprint density at radius 3 is 3.07 bits per heavy atom. The Bertz CT molecular complexity index is 338. The van der Waals surface area contributed by atoms with Gasteiger partial charge in [-0.05, 0) is 11.6 Å². The maximum atomic E-state index is 13.6. The van der Waals surface area contributed by atoms with Crippen molar-refractivity contribution in [3.63, 3.8) is 0 Å². The van der Waals surface area contributed by atoms with Gasteiger partial charge in [0.2, 0.25) is 0 Å². The van der Waals surface area contributed by atoms with Gasteiger partial charge in [-0.3, -0.25) is 0 Å². The molecule has 3 heteroatoms. The molecule has 0 radical (unpaired) electrons. The van der Waals surface area contributed by atoms with E-state index in [1.54, 1.807) is 6.07 Å². The third kappa shape index (κ3) is 1.38. The van der Waals surface area contributed by atoms with Gasteiger partial charge in [0.25, 0.3) is 0 Å². The summed E-state index contributed by atoms with van der Waals surface area (Å²) in [6.07, 6.45) is 0. The summed E-state index contributed by atoms with van der Waals surface area (Å²) < 4.78 is 13.6. The van der Waals surface area contributed by atoms with Crippen LogP contribution in [-0.2, 0) is 0 Å². The van der Waals surface area contributed by atoms with Crippen molar-refractivity contribution in [2.45, 2.75) is 12.8 Å². The summed E-state index contributed by atoms with van der Waals surface area (Å²) in [5.41, 5.74) is 7.36. The molecule has 0 bridgehead atoms. The topological polar surface area (TPSA) is 29.3 Å². The number of rotatable bonds is 2. The van der Waals surface area contributed by atoms with E-state index in [9.17, 15) is 4.39 Å². The fraction of sp³-hybridized carbons (Fsp3) is 0.455. The van der Waals surface area contributed by atoms with Gasteiger partial charge in [-0.2, -0.15) is 0 Å². The number of nitrogens with zero attached hydrogens (tertiary/aromatic N) is 1. The van der Waals surface area contributed by atoms with Gasteiger partial charge in [-0.25, -0.2) is 4.39 Å². The van der Waals surface area contributed by atoms with Crippen molar-refractivity contribution in [3.8, 4) is 0 Å². The second-order valence-electron chi connectivity index (χ2n) is 3.81. The molecule has 0 spiro atoms. The molecule has 0 fully saturated rings. The predicted octanol–water partition coefficient (Wildman–Crippen LogP) is 1.71. The highest BCUT2D eigenvalue weighted by atomic mass is 19.1. The molecule has 0 saturated heterocycles. The van der Waals surface area contributed by atoms with Crippen molar-refractivity contribution in [1.29, 1.82) is 0 Å². The summed E-state index contributed by atoms with van der Waals surface area (Å²) in [7, 11) is 0. The Labute approximate surface area is 83.5 Å². The highest BCUT2D eigenvalue weighted by molar-refractivity contribution is 5.60. The van der Waals surface area contributed by atoms with Crippen molar-refractivity contribution in [2.24, 2.45) is 5.73 Å². The molecule has 1 aliphatic heterocycles. The van der Waals surface area contributed by atoms with Crippen LogP contribution >= 0.6 is 0 Å². The van der Waals surface area contributed by atoms with Crippen LogP contribution in [0.4, 0.5) is 10.1 Å². The molecule has 1 aromatic carbocycles. The fourth-order valence-corrected chi connectivity index (χ4v) is 2.14. The van der Waals surface area contributed by atoms with Gasteiger partial charge >= 0.3 is 0 Å². The van der Waals surface area contributed by atoms with Crippen LogP contribution < -0.4 is 10.6 Å². The molecule has 0 saturated carbocycles. The number of fused-ring (bicyclic) bond motifs is 1. The monoisotopic (exact) mass is 194 g/mol. The van der Waals surface area contributed by atoms with E-state index in [1.165, 1.54) is 6.07 Å². The van der Waals surface area contributed by atoms with E-state index in [-0.39, 0.29) is 5.82 Å². The standard InChI is InChI=1S/C11H15FN2/c1-8-7-14(6-5-13)11-9(8)3-2-4-10(11)12/h2-4,8H,5-7,13H2,1H3. The third-order valence-corrected chi connectivity index (χ3v) is 2.76. The van der Waals surface area contributed by atoms with Crippen LogP contribution in [0.25, 0.3) is 0 Å². The van der Waals surface area contributed by atoms with Gasteiger partial charge in [0.15, 0.2) is 0 Å². The van der Waals surface area contributed by atoms with Gasteiger partial charge in [0.05, 0.1) is 5.69 Å². The molecular weight excluding hydrogens is 179 g/mol. The van der Waals surface area contributed by atoms with E-state index in [4.69, 9.17) is 5.73 Å². The largest absolute Gasteiger partial charge is 0.367 e. The summed E-state index contributed by atoms with van der Waals surface area (Å²) in [5, 5.41) is 0. The Hall–Kier alpha value is -1.09. The summed E-state index contributed by atoms with van der Waals surface area (Å²) in [6.45, 7) is 4.31. The number of nitrogens with two attached hydrogens (primary N) is 1. The number of benzene rings is 1. The third-order valence-electron chi connectivity index (χ3n) is 2.76. The van der Waals surface area contributed by atoms with Gasteiger partial charge in [-0.1, -0.05) is 19.1 Å². The van der Waals surface area contributed by atoms with E-state index in [2.05, 4.69) is 6.92 Å². The number of hydrogen-bond acceptors (Lipinski definition) is 2. The Morgan fingerprint density at radius 1 is 1.57 bits per heavy atom. The maximum absolute atomic E-state index is 13.6. The molecule has 1 unspecified atom stereocenters. The molecule has 1 aromatic rings. The van der Waals surface area contributed by atoms with E-state index in [0.717, 1.165) is 24.3 Å². The van der Waals surface area contributed by atoms with Gasteiger partial charge in [0.1, 0.15) is 5.82 Å². The van der Waals surface area contributed by atoms with Crippen LogP contribution in [0.15, 0.2) is 18.2 Å². The van der Waals surface area contributed by atoms with E-state index < -0.39 is 0 Å².